The fourth-order valence-electron chi connectivity index (χ4n) is 1.19. The van der Waals surface area contributed by atoms with E-state index in [2.05, 4.69) is 15.2 Å². The van der Waals surface area contributed by atoms with Crippen molar-refractivity contribution in [2.75, 3.05) is 5.75 Å². The Morgan fingerprint density at radius 1 is 1.69 bits per heavy atom. The molecule has 0 atom stereocenters. The first-order valence-electron chi connectivity index (χ1n) is 4.48. The summed E-state index contributed by atoms with van der Waals surface area (Å²) in [6.07, 6.45) is 1.57. The van der Waals surface area contributed by atoms with Crippen molar-refractivity contribution in [1.82, 2.24) is 15.2 Å². The molecule has 0 aliphatic carbocycles. The van der Waals surface area contributed by atoms with Crippen LogP contribution in [0.5, 0.6) is 0 Å². The average Bonchev–Trinajstić information content (AvgIpc) is 2.83. The molecule has 2 aromatic heterocycles. The maximum absolute atomic E-state index is 10.4. The van der Waals surface area contributed by atoms with Crippen LogP contribution < -0.4 is 0 Å². The number of aromatic amines is 1. The molecular formula is C9H9N3O3S. The van der Waals surface area contributed by atoms with Crippen LogP contribution in [0, 0.1) is 6.92 Å². The Labute approximate surface area is 95.1 Å². The lowest BCUT2D eigenvalue weighted by atomic mass is 10.2. The van der Waals surface area contributed by atoms with E-state index in [1.54, 1.807) is 12.3 Å². The van der Waals surface area contributed by atoms with Gasteiger partial charge in [0, 0.05) is 0 Å². The summed E-state index contributed by atoms with van der Waals surface area (Å²) in [5, 5.41) is 15.6. The standard InChI is InChI=1S/C9H9N3O3S/c1-5-6(2-3-15-5)8-10-9(12-11-8)16-4-7(13)14/h2-3H,4H2,1H3,(H,13,14)(H,10,11,12). The van der Waals surface area contributed by atoms with E-state index in [9.17, 15) is 4.79 Å². The van der Waals surface area contributed by atoms with Crippen LogP contribution in [-0.2, 0) is 4.79 Å². The van der Waals surface area contributed by atoms with Gasteiger partial charge in [0.05, 0.1) is 17.6 Å². The monoisotopic (exact) mass is 239 g/mol. The first-order valence-corrected chi connectivity index (χ1v) is 5.47. The van der Waals surface area contributed by atoms with Crippen LogP contribution in [0.1, 0.15) is 5.76 Å². The largest absolute Gasteiger partial charge is 0.481 e. The molecule has 0 saturated carbocycles. The molecule has 7 heteroatoms. The van der Waals surface area contributed by atoms with Gasteiger partial charge in [-0.05, 0) is 13.0 Å². The highest BCUT2D eigenvalue weighted by atomic mass is 32.2. The maximum Gasteiger partial charge on any atom is 0.313 e. The molecule has 0 radical (unpaired) electrons. The number of nitrogens with zero attached hydrogens (tertiary/aromatic N) is 2. The minimum atomic E-state index is -0.893. The quantitative estimate of drug-likeness (QED) is 0.786. The molecule has 16 heavy (non-hydrogen) atoms. The van der Waals surface area contributed by atoms with Crippen LogP contribution >= 0.6 is 11.8 Å². The second kappa shape index (κ2) is 4.40. The molecule has 2 rings (SSSR count). The van der Waals surface area contributed by atoms with E-state index in [0.29, 0.717) is 11.0 Å². The molecule has 0 spiro atoms. The Hall–Kier alpha value is -1.76. The summed E-state index contributed by atoms with van der Waals surface area (Å²) in [6.45, 7) is 1.82. The van der Waals surface area contributed by atoms with Crippen molar-refractivity contribution in [3.05, 3.63) is 18.1 Å². The zero-order chi connectivity index (χ0) is 11.5. The number of aryl methyl sites for hydroxylation is 1. The lowest BCUT2D eigenvalue weighted by Gasteiger charge is -1.90. The van der Waals surface area contributed by atoms with E-state index < -0.39 is 5.97 Å². The minimum Gasteiger partial charge on any atom is -0.481 e. The summed E-state index contributed by atoms with van der Waals surface area (Å²) < 4.78 is 5.14. The second-order valence-electron chi connectivity index (χ2n) is 3.04. The van der Waals surface area contributed by atoms with Crippen LogP contribution in [0.15, 0.2) is 21.9 Å². The molecule has 6 nitrogen and oxygen atoms in total. The van der Waals surface area contributed by atoms with Crippen LogP contribution in [0.4, 0.5) is 0 Å². The predicted octanol–water partition coefficient (Wildman–Crippen LogP) is 1.55. The number of carboxylic acid groups (broad SMARTS) is 1. The minimum absolute atomic E-state index is 0.0539. The van der Waals surface area contributed by atoms with Crippen molar-refractivity contribution in [1.29, 1.82) is 0 Å². The molecule has 0 aromatic carbocycles. The highest BCUT2D eigenvalue weighted by molar-refractivity contribution is 7.99. The van der Waals surface area contributed by atoms with E-state index in [-0.39, 0.29) is 5.75 Å². The normalized spacial score (nSPS) is 10.6. The van der Waals surface area contributed by atoms with Crippen LogP contribution in [0.2, 0.25) is 0 Å². The number of aromatic nitrogens is 3. The van der Waals surface area contributed by atoms with Gasteiger partial charge in [0.2, 0.25) is 5.16 Å². The van der Waals surface area contributed by atoms with Gasteiger partial charge in [0.15, 0.2) is 5.82 Å². The molecule has 0 amide bonds. The van der Waals surface area contributed by atoms with Crippen molar-refractivity contribution < 1.29 is 14.3 Å². The lowest BCUT2D eigenvalue weighted by Crippen LogP contribution is -1.97. The fourth-order valence-corrected chi connectivity index (χ4v) is 1.71. The molecule has 84 valence electrons. The summed E-state index contributed by atoms with van der Waals surface area (Å²) in [5.41, 5.74) is 0.828. The van der Waals surface area contributed by atoms with Crippen molar-refractivity contribution in [2.24, 2.45) is 0 Å². The third-order valence-electron chi connectivity index (χ3n) is 1.90. The molecule has 2 aromatic rings. The summed E-state index contributed by atoms with van der Waals surface area (Å²) in [6, 6.07) is 1.78. The molecule has 2 N–H and O–H groups in total. The number of aliphatic carboxylic acids is 1. The number of hydrogen-bond acceptors (Lipinski definition) is 5. The zero-order valence-corrected chi connectivity index (χ0v) is 9.24. The number of hydrogen-bond donors (Lipinski definition) is 2. The molecule has 0 bridgehead atoms. The first-order chi connectivity index (χ1) is 7.66. The fraction of sp³-hybridized carbons (Fsp3) is 0.222. The second-order valence-corrected chi connectivity index (χ2v) is 3.98. The smallest absolute Gasteiger partial charge is 0.313 e. The van der Waals surface area contributed by atoms with Gasteiger partial charge < -0.3 is 9.52 Å². The zero-order valence-electron chi connectivity index (χ0n) is 8.43. The summed E-state index contributed by atoms with van der Waals surface area (Å²) in [7, 11) is 0. The topological polar surface area (TPSA) is 92.0 Å². The Morgan fingerprint density at radius 3 is 3.12 bits per heavy atom. The number of H-pyrrole nitrogens is 1. The van der Waals surface area contributed by atoms with Crippen molar-refractivity contribution in [2.45, 2.75) is 12.1 Å². The van der Waals surface area contributed by atoms with E-state index in [1.165, 1.54) is 0 Å². The summed E-state index contributed by atoms with van der Waals surface area (Å²) >= 11 is 1.07. The molecule has 0 aliphatic heterocycles. The number of furan rings is 1. The Bertz CT molecular complexity index is 506. The molecule has 2 heterocycles. The Balaban J connectivity index is 2.14. The van der Waals surface area contributed by atoms with Crippen LogP contribution in [0.3, 0.4) is 0 Å². The molecule has 0 aliphatic rings. The van der Waals surface area contributed by atoms with Gasteiger partial charge >= 0.3 is 5.97 Å². The van der Waals surface area contributed by atoms with Crippen molar-refractivity contribution >= 4 is 17.7 Å². The Morgan fingerprint density at radius 2 is 2.50 bits per heavy atom. The molecule has 0 unspecified atom stereocenters. The molecular weight excluding hydrogens is 230 g/mol. The summed E-state index contributed by atoms with van der Waals surface area (Å²) in [5.74, 6) is 0.377. The third kappa shape index (κ3) is 2.25. The van der Waals surface area contributed by atoms with Crippen LogP contribution in [-0.4, -0.2) is 32.0 Å². The predicted molar refractivity (Wildman–Crippen MR) is 57.2 cm³/mol. The van der Waals surface area contributed by atoms with Gasteiger partial charge in [0.25, 0.3) is 0 Å². The van der Waals surface area contributed by atoms with E-state index in [0.717, 1.165) is 23.1 Å². The number of carbonyl (C=O) groups is 1. The number of nitrogens with one attached hydrogen (secondary N) is 1. The van der Waals surface area contributed by atoms with Crippen molar-refractivity contribution in [3.63, 3.8) is 0 Å². The SMILES string of the molecule is Cc1occc1-c1nc(SCC(=O)O)n[nH]1. The highest BCUT2D eigenvalue weighted by Crippen LogP contribution is 2.22. The van der Waals surface area contributed by atoms with Gasteiger partial charge in [-0.25, -0.2) is 4.98 Å². The summed E-state index contributed by atoms with van der Waals surface area (Å²) in [4.78, 5) is 14.5. The maximum atomic E-state index is 10.4. The van der Waals surface area contributed by atoms with Gasteiger partial charge in [-0.3, -0.25) is 9.89 Å². The van der Waals surface area contributed by atoms with Gasteiger partial charge in [-0.1, -0.05) is 11.8 Å². The molecule has 0 fully saturated rings. The average molecular weight is 239 g/mol. The first kappa shape index (κ1) is 10.7. The lowest BCUT2D eigenvalue weighted by molar-refractivity contribution is -0.133. The molecule has 0 saturated heterocycles. The van der Waals surface area contributed by atoms with Gasteiger partial charge in [-0.2, -0.15) is 0 Å². The van der Waals surface area contributed by atoms with Crippen LogP contribution in [0.25, 0.3) is 11.4 Å². The van der Waals surface area contributed by atoms with E-state index >= 15 is 0 Å². The third-order valence-corrected chi connectivity index (χ3v) is 2.74. The van der Waals surface area contributed by atoms with Crippen molar-refractivity contribution in [3.8, 4) is 11.4 Å². The number of thioether (sulfide) groups is 1. The number of carboxylic acids is 1. The Kier molecular flexibility index (Phi) is 2.95. The van der Waals surface area contributed by atoms with Gasteiger partial charge in [0.1, 0.15) is 5.76 Å². The van der Waals surface area contributed by atoms with E-state index in [1.807, 2.05) is 6.92 Å². The highest BCUT2D eigenvalue weighted by Gasteiger charge is 2.11. The van der Waals surface area contributed by atoms with Gasteiger partial charge in [-0.15, -0.1) is 5.10 Å². The number of rotatable bonds is 4. The van der Waals surface area contributed by atoms with E-state index in [4.69, 9.17) is 9.52 Å².